The van der Waals surface area contributed by atoms with Crippen LogP contribution in [0.15, 0.2) is 24.4 Å². The summed E-state index contributed by atoms with van der Waals surface area (Å²) in [5, 5.41) is 3.57. The Labute approximate surface area is 131 Å². The fourth-order valence-electron chi connectivity index (χ4n) is 2.59. The van der Waals surface area contributed by atoms with E-state index in [9.17, 15) is 4.79 Å². The highest BCUT2D eigenvalue weighted by atomic mass is 32.2. The molecule has 1 aliphatic heterocycles. The molecule has 1 fully saturated rings. The Hall–Kier alpha value is -1.07. The van der Waals surface area contributed by atoms with Gasteiger partial charge >= 0.3 is 0 Å². The van der Waals surface area contributed by atoms with E-state index in [2.05, 4.69) is 28.2 Å². The molecule has 2 heterocycles. The van der Waals surface area contributed by atoms with Crippen LogP contribution < -0.4 is 5.32 Å². The van der Waals surface area contributed by atoms with Gasteiger partial charge in [-0.15, -0.1) is 0 Å². The van der Waals surface area contributed by atoms with Crippen LogP contribution in [0.4, 0.5) is 0 Å². The highest BCUT2D eigenvalue weighted by molar-refractivity contribution is 7.99. The van der Waals surface area contributed by atoms with Gasteiger partial charge in [0, 0.05) is 43.5 Å². The minimum atomic E-state index is 0.194. The number of aromatic nitrogens is 1. The number of piperidine rings is 1. The first-order valence-corrected chi connectivity index (χ1v) is 8.90. The van der Waals surface area contributed by atoms with Crippen molar-refractivity contribution in [3.63, 3.8) is 0 Å². The Balaban J connectivity index is 1.69. The monoisotopic (exact) mass is 307 g/mol. The lowest BCUT2D eigenvalue weighted by atomic mass is 10.0. The molecule has 0 aromatic carbocycles. The average molecular weight is 307 g/mol. The van der Waals surface area contributed by atoms with E-state index in [1.165, 1.54) is 0 Å². The summed E-state index contributed by atoms with van der Waals surface area (Å²) in [5.41, 5.74) is 1.12. The molecule has 1 saturated heterocycles. The van der Waals surface area contributed by atoms with Gasteiger partial charge in [0.25, 0.3) is 0 Å². The molecule has 21 heavy (non-hydrogen) atoms. The van der Waals surface area contributed by atoms with E-state index in [0.717, 1.165) is 38.2 Å². The smallest absolute Gasteiger partial charge is 0.221 e. The second-order valence-electron chi connectivity index (χ2n) is 5.69. The Bertz CT molecular complexity index is 432. The molecule has 1 amide bonds. The van der Waals surface area contributed by atoms with Gasteiger partial charge in [-0.05, 0) is 31.2 Å². The van der Waals surface area contributed by atoms with Gasteiger partial charge in [0.05, 0.1) is 5.69 Å². The molecule has 1 aromatic heterocycles. The largest absolute Gasteiger partial charge is 0.353 e. The van der Waals surface area contributed by atoms with E-state index in [4.69, 9.17) is 0 Å². The van der Waals surface area contributed by atoms with Crippen molar-refractivity contribution in [3.05, 3.63) is 30.1 Å². The maximum Gasteiger partial charge on any atom is 0.221 e. The summed E-state index contributed by atoms with van der Waals surface area (Å²) >= 11 is 1.74. The number of rotatable bonds is 6. The van der Waals surface area contributed by atoms with Crippen molar-refractivity contribution >= 4 is 17.7 Å². The van der Waals surface area contributed by atoms with Crippen LogP contribution in [-0.2, 0) is 11.3 Å². The van der Waals surface area contributed by atoms with Gasteiger partial charge in [-0.1, -0.05) is 13.0 Å². The number of thioether (sulfide) groups is 1. The quantitative estimate of drug-likeness (QED) is 0.876. The molecule has 1 unspecified atom stereocenters. The lowest BCUT2D eigenvalue weighted by Gasteiger charge is -2.32. The Morgan fingerprint density at radius 3 is 2.86 bits per heavy atom. The van der Waals surface area contributed by atoms with Crippen LogP contribution in [0.1, 0.15) is 31.9 Å². The minimum absolute atomic E-state index is 0.194. The van der Waals surface area contributed by atoms with Crippen molar-refractivity contribution in [2.75, 3.05) is 19.3 Å². The maximum absolute atomic E-state index is 11.9. The van der Waals surface area contributed by atoms with E-state index >= 15 is 0 Å². The Morgan fingerprint density at radius 2 is 2.24 bits per heavy atom. The molecule has 1 N–H and O–H groups in total. The van der Waals surface area contributed by atoms with Gasteiger partial charge in [0.15, 0.2) is 0 Å². The molecular formula is C16H25N3OS. The summed E-state index contributed by atoms with van der Waals surface area (Å²) in [7, 11) is 0. The highest BCUT2D eigenvalue weighted by Gasteiger charge is 2.21. The minimum Gasteiger partial charge on any atom is -0.353 e. The Kier molecular flexibility index (Phi) is 6.51. The molecule has 116 valence electrons. The number of pyridine rings is 1. The van der Waals surface area contributed by atoms with Crippen LogP contribution in [0.3, 0.4) is 0 Å². The van der Waals surface area contributed by atoms with E-state index in [1.807, 2.05) is 24.6 Å². The molecule has 0 saturated carbocycles. The first-order chi connectivity index (χ1) is 10.2. The molecule has 5 heteroatoms. The molecular weight excluding hydrogens is 282 g/mol. The van der Waals surface area contributed by atoms with Gasteiger partial charge in [0.2, 0.25) is 5.91 Å². The number of carbonyl (C=O) groups excluding carboxylic acids is 1. The van der Waals surface area contributed by atoms with E-state index in [0.29, 0.717) is 17.7 Å². The third kappa shape index (κ3) is 5.67. The van der Waals surface area contributed by atoms with Gasteiger partial charge in [-0.25, -0.2) is 0 Å². The second-order valence-corrected chi connectivity index (χ2v) is 6.97. The van der Waals surface area contributed by atoms with E-state index in [1.54, 1.807) is 11.8 Å². The zero-order chi connectivity index (χ0) is 15.1. The molecule has 0 aliphatic carbocycles. The van der Waals surface area contributed by atoms with Gasteiger partial charge in [-0.2, -0.15) is 11.8 Å². The topological polar surface area (TPSA) is 45.2 Å². The van der Waals surface area contributed by atoms with Crippen molar-refractivity contribution in [2.24, 2.45) is 0 Å². The predicted octanol–water partition coefficient (Wildman–Crippen LogP) is 2.30. The van der Waals surface area contributed by atoms with Crippen LogP contribution >= 0.6 is 11.8 Å². The van der Waals surface area contributed by atoms with Crippen LogP contribution in [0.5, 0.6) is 0 Å². The molecule has 1 aromatic rings. The predicted molar refractivity (Wildman–Crippen MR) is 88.3 cm³/mol. The number of amides is 1. The molecule has 0 spiro atoms. The van der Waals surface area contributed by atoms with Crippen molar-refractivity contribution in [3.8, 4) is 0 Å². The SMILES string of the molecule is CSC(C)CC(=O)NC1CCN(Cc2ccccn2)CC1. The number of nitrogens with zero attached hydrogens (tertiary/aromatic N) is 2. The lowest BCUT2D eigenvalue weighted by molar-refractivity contribution is -0.122. The van der Waals surface area contributed by atoms with Gasteiger partial charge < -0.3 is 5.32 Å². The summed E-state index contributed by atoms with van der Waals surface area (Å²) in [5.74, 6) is 0.194. The number of hydrogen-bond donors (Lipinski definition) is 1. The summed E-state index contributed by atoms with van der Waals surface area (Å²) in [6.45, 7) is 5.06. The fourth-order valence-corrected chi connectivity index (χ4v) is 2.91. The summed E-state index contributed by atoms with van der Waals surface area (Å²) < 4.78 is 0. The van der Waals surface area contributed by atoms with Crippen LogP contribution in [-0.4, -0.2) is 46.4 Å². The zero-order valence-electron chi connectivity index (χ0n) is 12.9. The normalized spacial score (nSPS) is 18.4. The summed E-state index contributed by atoms with van der Waals surface area (Å²) in [6, 6.07) is 6.38. The zero-order valence-corrected chi connectivity index (χ0v) is 13.7. The average Bonchev–Trinajstić information content (AvgIpc) is 2.50. The summed E-state index contributed by atoms with van der Waals surface area (Å²) in [4.78, 5) is 18.7. The molecule has 0 bridgehead atoms. The number of carbonyl (C=O) groups is 1. The first kappa shape index (κ1) is 16.3. The molecule has 2 rings (SSSR count). The van der Waals surface area contributed by atoms with E-state index in [-0.39, 0.29) is 5.91 Å². The fraction of sp³-hybridized carbons (Fsp3) is 0.625. The van der Waals surface area contributed by atoms with E-state index < -0.39 is 0 Å². The molecule has 1 atom stereocenters. The van der Waals surface area contributed by atoms with Crippen molar-refractivity contribution in [1.29, 1.82) is 0 Å². The number of hydrogen-bond acceptors (Lipinski definition) is 4. The molecule has 1 aliphatic rings. The standard InChI is InChI=1S/C16H25N3OS/c1-13(21-2)11-16(20)18-14-6-9-19(10-7-14)12-15-5-3-4-8-17-15/h3-5,8,13-14H,6-7,9-12H2,1-2H3,(H,18,20). The van der Waals surface area contributed by atoms with Gasteiger partial charge in [-0.3, -0.25) is 14.7 Å². The maximum atomic E-state index is 11.9. The molecule has 4 nitrogen and oxygen atoms in total. The van der Waals surface area contributed by atoms with Crippen LogP contribution in [0, 0.1) is 0 Å². The van der Waals surface area contributed by atoms with Gasteiger partial charge in [0.1, 0.15) is 0 Å². The van der Waals surface area contributed by atoms with Crippen molar-refractivity contribution in [2.45, 2.75) is 44.0 Å². The summed E-state index contributed by atoms with van der Waals surface area (Å²) in [6.07, 6.45) is 6.58. The lowest BCUT2D eigenvalue weighted by Crippen LogP contribution is -2.44. The van der Waals surface area contributed by atoms with Crippen LogP contribution in [0.25, 0.3) is 0 Å². The van der Waals surface area contributed by atoms with Crippen molar-refractivity contribution < 1.29 is 4.79 Å². The van der Waals surface area contributed by atoms with Crippen LogP contribution in [0.2, 0.25) is 0 Å². The third-order valence-corrected chi connectivity index (χ3v) is 4.91. The number of nitrogens with one attached hydrogen (secondary N) is 1. The third-order valence-electron chi connectivity index (χ3n) is 3.94. The second kappa shape index (κ2) is 8.39. The molecule has 0 radical (unpaired) electrons. The Morgan fingerprint density at radius 1 is 1.48 bits per heavy atom. The first-order valence-electron chi connectivity index (χ1n) is 7.62. The van der Waals surface area contributed by atoms with Crippen molar-refractivity contribution in [1.82, 2.24) is 15.2 Å². The highest BCUT2D eigenvalue weighted by Crippen LogP contribution is 2.14. The number of likely N-dealkylation sites (tertiary alicyclic amines) is 1.